The summed E-state index contributed by atoms with van der Waals surface area (Å²) >= 11 is 0. The molecule has 1 aliphatic rings. The van der Waals surface area contributed by atoms with E-state index < -0.39 is 17.3 Å². The molecule has 0 aliphatic carbocycles. The molecular weight excluding hydrogens is 371 g/mol. The van der Waals surface area contributed by atoms with Crippen LogP contribution in [0.15, 0.2) is 82.3 Å². The molecule has 1 aliphatic heterocycles. The second-order valence-corrected chi connectivity index (χ2v) is 6.92. The molecule has 0 N–H and O–H groups in total. The first-order chi connectivity index (χ1) is 14.1. The standard InChI is InChI=1S/C23H15FN2O3/c24-16-8-9-18-17(11-16)21(27)19-20(15-7-4-10-25-12-15)26(23(28)22(19)29-18)13-14-5-2-1-3-6-14/h1-12,20H,13H2/t20-/m1/s1. The molecule has 0 spiro atoms. The van der Waals surface area contributed by atoms with Gasteiger partial charge in [0.15, 0.2) is 5.43 Å². The van der Waals surface area contributed by atoms with E-state index in [0.29, 0.717) is 12.1 Å². The lowest BCUT2D eigenvalue weighted by Gasteiger charge is -2.25. The van der Waals surface area contributed by atoms with Crippen LogP contribution >= 0.6 is 0 Å². The summed E-state index contributed by atoms with van der Waals surface area (Å²) in [5, 5.41) is 0.118. The Morgan fingerprint density at radius 1 is 1.03 bits per heavy atom. The molecule has 1 amide bonds. The summed E-state index contributed by atoms with van der Waals surface area (Å²) in [4.78, 5) is 32.3. The van der Waals surface area contributed by atoms with Crippen molar-refractivity contribution in [1.29, 1.82) is 0 Å². The second kappa shape index (κ2) is 6.67. The topological polar surface area (TPSA) is 63.4 Å². The van der Waals surface area contributed by atoms with Crippen LogP contribution in [0.1, 0.15) is 33.3 Å². The van der Waals surface area contributed by atoms with Gasteiger partial charge in [-0.3, -0.25) is 14.6 Å². The maximum Gasteiger partial charge on any atom is 0.291 e. The number of rotatable bonds is 3. The Hall–Kier alpha value is -3.80. The summed E-state index contributed by atoms with van der Waals surface area (Å²) in [6, 6.07) is 16.1. The van der Waals surface area contributed by atoms with Crippen molar-refractivity contribution in [2.75, 3.05) is 0 Å². The fourth-order valence-electron chi connectivity index (χ4n) is 3.82. The highest BCUT2D eigenvalue weighted by molar-refractivity contribution is 5.99. The van der Waals surface area contributed by atoms with Gasteiger partial charge in [-0.15, -0.1) is 0 Å². The molecule has 1 atom stereocenters. The number of benzene rings is 2. The molecule has 5 rings (SSSR count). The van der Waals surface area contributed by atoms with Gasteiger partial charge >= 0.3 is 0 Å². The zero-order valence-electron chi connectivity index (χ0n) is 15.2. The van der Waals surface area contributed by atoms with Gasteiger partial charge in [0.25, 0.3) is 5.91 Å². The Balaban J connectivity index is 1.74. The molecule has 5 nitrogen and oxygen atoms in total. The van der Waals surface area contributed by atoms with Gasteiger partial charge in [0.05, 0.1) is 17.0 Å². The van der Waals surface area contributed by atoms with Crippen LogP contribution in [0.2, 0.25) is 0 Å². The van der Waals surface area contributed by atoms with Crippen LogP contribution in [-0.4, -0.2) is 15.8 Å². The molecular formula is C23H15FN2O3. The van der Waals surface area contributed by atoms with Crippen molar-refractivity contribution in [3.8, 4) is 0 Å². The minimum Gasteiger partial charge on any atom is -0.450 e. The molecule has 0 saturated carbocycles. The van der Waals surface area contributed by atoms with E-state index in [1.165, 1.54) is 12.1 Å². The summed E-state index contributed by atoms with van der Waals surface area (Å²) in [5.74, 6) is -0.909. The average molecular weight is 386 g/mol. The molecule has 0 radical (unpaired) electrons. The largest absolute Gasteiger partial charge is 0.450 e. The predicted octanol–water partition coefficient (Wildman–Crippen LogP) is 4.07. The monoisotopic (exact) mass is 386 g/mol. The molecule has 0 bridgehead atoms. The zero-order chi connectivity index (χ0) is 20.0. The molecule has 0 fully saturated rings. The zero-order valence-corrected chi connectivity index (χ0v) is 15.2. The molecule has 3 heterocycles. The molecule has 0 saturated heterocycles. The number of hydrogen-bond acceptors (Lipinski definition) is 4. The highest BCUT2D eigenvalue weighted by atomic mass is 19.1. The van der Waals surface area contributed by atoms with E-state index in [9.17, 15) is 14.0 Å². The van der Waals surface area contributed by atoms with Gasteiger partial charge in [-0.25, -0.2) is 4.39 Å². The Morgan fingerprint density at radius 3 is 2.62 bits per heavy atom. The number of fused-ring (bicyclic) bond motifs is 2. The number of hydrogen-bond donors (Lipinski definition) is 0. The molecule has 4 aromatic rings. The maximum absolute atomic E-state index is 13.8. The lowest BCUT2D eigenvalue weighted by atomic mass is 9.99. The Bertz CT molecular complexity index is 1290. The molecule has 2 aromatic heterocycles. The van der Waals surface area contributed by atoms with Gasteiger partial charge in [0, 0.05) is 18.9 Å². The van der Waals surface area contributed by atoms with Crippen molar-refractivity contribution < 1.29 is 13.6 Å². The third kappa shape index (κ3) is 2.81. The minimum atomic E-state index is -0.657. The Labute approximate surface area is 165 Å². The highest BCUT2D eigenvalue weighted by Crippen LogP contribution is 2.38. The quantitative estimate of drug-likeness (QED) is 0.532. The van der Waals surface area contributed by atoms with Crippen molar-refractivity contribution in [2.24, 2.45) is 0 Å². The summed E-state index contributed by atoms with van der Waals surface area (Å²) in [5.41, 5.74) is 1.62. The number of halogens is 1. The fraction of sp³-hybridized carbons (Fsp3) is 0.0870. The molecule has 6 heteroatoms. The van der Waals surface area contributed by atoms with E-state index in [4.69, 9.17) is 4.42 Å². The van der Waals surface area contributed by atoms with Crippen LogP contribution in [-0.2, 0) is 6.54 Å². The lowest BCUT2D eigenvalue weighted by Crippen LogP contribution is -2.29. The van der Waals surface area contributed by atoms with E-state index in [0.717, 1.165) is 11.6 Å². The van der Waals surface area contributed by atoms with Gasteiger partial charge in [-0.1, -0.05) is 36.4 Å². The van der Waals surface area contributed by atoms with Crippen LogP contribution in [0.5, 0.6) is 0 Å². The maximum atomic E-state index is 13.8. The van der Waals surface area contributed by atoms with Crippen molar-refractivity contribution >= 4 is 16.9 Å². The van der Waals surface area contributed by atoms with E-state index in [-0.39, 0.29) is 28.2 Å². The number of amides is 1. The van der Waals surface area contributed by atoms with Gasteiger partial charge in [0.2, 0.25) is 5.76 Å². The fourth-order valence-corrected chi connectivity index (χ4v) is 3.82. The Kier molecular flexibility index (Phi) is 3.98. The number of carbonyl (C=O) groups excluding carboxylic acids is 1. The smallest absolute Gasteiger partial charge is 0.291 e. The molecule has 142 valence electrons. The SMILES string of the molecule is O=C1c2oc3ccc(F)cc3c(=O)c2[C@@H](c2cccnc2)N1Cc1ccccc1. The number of nitrogens with zero attached hydrogens (tertiary/aromatic N) is 2. The summed E-state index contributed by atoms with van der Waals surface area (Å²) in [6.07, 6.45) is 3.25. The first kappa shape index (κ1) is 17.3. The Morgan fingerprint density at radius 2 is 1.86 bits per heavy atom. The van der Waals surface area contributed by atoms with E-state index in [1.54, 1.807) is 23.4 Å². The van der Waals surface area contributed by atoms with Crippen LogP contribution in [0, 0.1) is 5.82 Å². The molecule has 29 heavy (non-hydrogen) atoms. The third-order valence-corrected chi connectivity index (χ3v) is 5.12. The van der Waals surface area contributed by atoms with Gasteiger partial charge in [-0.2, -0.15) is 0 Å². The van der Waals surface area contributed by atoms with E-state index >= 15 is 0 Å². The van der Waals surface area contributed by atoms with Crippen LogP contribution < -0.4 is 5.43 Å². The van der Waals surface area contributed by atoms with Crippen LogP contribution in [0.4, 0.5) is 4.39 Å². The van der Waals surface area contributed by atoms with Gasteiger partial charge in [0.1, 0.15) is 11.4 Å². The van der Waals surface area contributed by atoms with Crippen molar-refractivity contribution in [1.82, 2.24) is 9.88 Å². The molecule has 2 aromatic carbocycles. The van der Waals surface area contributed by atoms with Gasteiger partial charge in [-0.05, 0) is 35.4 Å². The summed E-state index contributed by atoms with van der Waals surface area (Å²) in [6.45, 7) is 0.299. The van der Waals surface area contributed by atoms with Crippen LogP contribution in [0.25, 0.3) is 11.0 Å². The first-order valence-corrected chi connectivity index (χ1v) is 9.14. The molecule has 0 unspecified atom stereocenters. The van der Waals surface area contributed by atoms with Crippen LogP contribution in [0.3, 0.4) is 0 Å². The number of aromatic nitrogens is 1. The van der Waals surface area contributed by atoms with Crippen molar-refractivity contribution in [3.05, 3.63) is 112 Å². The number of carbonyl (C=O) groups is 1. The third-order valence-electron chi connectivity index (χ3n) is 5.12. The lowest BCUT2D eigenvalue weighted by molar-refractivity contribution is 0.0714. The predicted molar refractivity (Wildman–Crippen MR) is 105 cm³/mol. The number of pyridine rings is 1. The minimum absolute atomic E-state index is 0.00103. The first-order valence-electron chi connectivity index (χ1n) is 9.14. The summed E-state index contributed by atoms with van der Waals surface area (Å²) < 4.78 is 19.6. The normalized spacial score (nSPS) is 15.7. The second-order valence-electron chi connectivity index (χ2n) is 6.92. The van der Waals surface area contributed by atoms with E-state index in [2.05, 4.69) is 4.98 Å². The van der Waals surface area contributed by atoms with Gasteiger partial charge < -0.3 is 9.32 Å². The highest BCUT2D eigenvalue weighted by Gasteiger charge is 2.42. The average Bonchev–Trinajstić information content (AvgIpc) is 3.02. The van der Waals surface area contributed by atoms with E-state index in [1.807, 2.05) is 36.4 Å². The van der Waals surface area contributed by atoms with Crippen molar-refractivity contribution in [2.45, 2.75) is 12.6 Å². The summed E-state index contributed by atoms with van der Waals surface area (Å²) in [7, 11) is 0. The van der Waals surface area contributed by atoms with Crippen molar-refractivity contribution in [3.63, 3.8) is 0 Å².